The molecule has 16 heavy (non-hydrogen) atoms. The predicted octanol–water partition coefficient (Wildman–Crippen LogP) is 1.95. The molecule has 0 amide bonds. The number of hydrogen-bond acceptors (Lipinski definition) is 3. The maximum absolute atomic E-state index is 11.4. The predicted molar refractivity (Wildman–Crippen MR) is 60.4 cm³/mol. The molecule has 0 aliphatic heterocycles. The molecule has 1 aliphatic carbocycles. The lowest BCUT2D eigenvalue weighted by atomic mass is 9.92. The van der Waals surface area contributed by atoms with Crippen molar-refractivity contribution in [2.75, 3.05) is 14.2 Å². The van der Waals surface area contributed by atoms with Crippen molar-refractivity contribution in [3.8, 4) is 0 Å². The molecule has 0 aromatic carbocycles. The van der Waals surface area contributed by atoms with E-state index in [0.717, 1.165) is 11.3 Å². The Labute approximate surface area is 94.3 Å². The second-order valence-corrected chi connectivity index (χ2v) is 3.89. The van der Waals surface area contributed by atoms with Crippen molar-refractivity contribution in [1.82, 2.24) is 4.98 Å². The van der Waals surface area contributed by atoms with E-state index in [4.69, 9.17) is 4.74 Å². The molecule has 4 heteroatoms. The van der Waals surface area contributed by atoms with E-state index in [0.29, 0.717) is 5.69 Å². The molecule has 2 atom stereocenters. The number of hydrogen-bond donors (Lipinski definition) is 1. The van der Waals surface area contributed by atoms with Gasteiger partial charge in [-0.3, -0.25) is 0 Å². The van der Waals surface area contributed by atoms with Gasteiger partial charge in [-0.05, 0) is 11.6 Å². The van der Waals surface area contributed by atoms with Gasteiger partial charge in [-0.1, -0.05) is 19.1 Å². The zero-order valence-corrected chi connectivity index (χ0v) is 9.61. The van der Waals surface area contributed by atoms with Gasteiger partial charge in [0.25, 0.3) is 0 Å². The van der Waals surface area contributed by atoms with E-state index in [9.17, 15) is 4.79 Å². The Kier molecular flexibility index (Phi) is 2.83. The lowest BCUT2D eigenvalue weighted by molar-refractivity contribution is 0.0594. The molecule has 2 unspecified atom stereocenters. The number of carbonyl (C=O) groups is 1. The first-order chi connectivity index (χ1) is 7.67. The van der Waals surface area contributed by atoms with Crippen molar-refractivity contribution in [3.05, 3.63) is 29.1 Å². The normalized spacial score (nSPS) is 22.9. The monoisotopic (exact) mass is 221 g/mol. The van der Waals surface area contributed by atoms with Crippen LogP contribution in [0, 0.1) is 0 Å². The first-order valence-electron chi connectivity index (χ1n) is 5.19. The number of fused-ring (bicyclic) bond motifs is 1. The van der Waals surface area contributed by atoms with Crippen LogP contribution in [0.4, 0.5) is 0 Å². The standard InChI is InChI=1S/C12H15NO3/c1-7-10(15-2)5-4-8-6-9(12(14)16-3)13-11(7)8/h4-7,10,13H,1-3H3. The maximum atomic E-state index is 11.4. The van der Waals surface area contributed by atoms with Crippen LogP contribution < -0.4 is 0 Å². The highest BCUT2D eigenvalue weighted by Gasteiger charge is 2.25. The molecular formula is C12H15NO3. The van der Waals surface area contributed by atoms with Crippen molar-refractivity contribution in [2.24, 2.45) is 0 Å². The highest BCUT2D eigenvalue weighted by molar-refractivity contribution is 5.88. The Morgan fingerprint density at radius 2 is 2.19 bits per heavy atom. The van der Waals surface area contributed by atoms with Crippen LogP contribution in [0.2, 0.25) is 0 Å². The van der Waals surface area contributed by atoms with Gasteiger partial charge >= 0.3 is 5.97 Å². The van der Waals surface area contributed by atoms with Crippen molar-refractivity contribution in [3.63, 3.8) is 0 Å². The van der Waals surface area contributed by atoms with Gasteiger partial charge in [0, 0.05) is 18.7 Å². The third-order valence-electron chi connectivity index (χ3n) is 2.97. The summed E-state index contributed by atoms with van der Waals surface area (Å²) in [6.07, 6.45) is 4.02. The average molecular weight is 221 g/mol. The van der Waals surface area contributed by atoms with E-state index in [1.807, 2.05) is 12.2 Å². The summed E-state index contributed by atoms with van der Waals surface area (Å²) in [6.45, 7) is 2.06. The molecule has 0 saturated heterocycles. The van der Waals surface area contributed by atoms with Crippen LogP contribution in [-0.2, 0) is 9.47 Å². The van der Waals surface area contributed by atoms with Crippen LogP contribution in [0.1, 0.15) is 34.6 Å². The molecule has 1 heterocycles. The summed E-state index contributed by atoms with van der Waals surface area (Å²) < 4.78 is 10.0. The number of aromatic amines is 1. The van der Waals surface area contributed by atoms with Gasteiger partial charge in [-0.25, -0.2) is 4.79 Å². The van der Waals surface area contributed by atoms with E-state index in [1.54, 1.807) is 13.2 Å². The molecular weight excluding hydrogens is 206 g/mol. The first kappa shape index (κ1) is 11.0. The molecule has 0 spiro atoms. The van der Waals surface area contributed by atoms with Crippen LogP contribution in [0.5, 0.6) is 0 Å². The lowest BCUT2D eigenvalue weighted by Gasteiger charge is -2.22. The van der Waals surface area contributed by atoms with Gasteiger partial charge in [-0.15, -0.1) is 0 Å². The van der Waals surface area contributed by atoms with Crippen molar-refractivity contribution in [1.29, 1.82) is 0 Å². The molecule has 86 valence electrons. The van der Waals surface area contributed by atoms with Crippen molar-refractivity contribution < 1.29 is 14.3 Å². The minimum atomic E-state index is -0.344. The second kappa shape index (κ2) is 4.14. The number of methoxy groups -OCH3 is 2. The Balaban J connectivity index is 2.36. The van der Waals surface area contributed by atoms with E-state index in [2.05, 4.69) is 16.6 Å². The molecule has 0 radical (unpaired) electrons. The van der Waals surface area contributed by atoms with Crippen LogP contribution in [-0.4, -0.2) is 31.3 Å². The lowest BCUT2D eigenvalue weighted by Crippen LogP contribution is -2.19. The minimum Gasteiger partial charge on any atom is -0.464 e. The van der Waals surface area contributed by atoms with Gasteiger partial charge in [-0.2, -0.15) is 0 Å². The van der Waals surface area contributed by atoms with Crippen molar-refractivity contribution >= 4 is 12.0 Å². The summed E-state index contributed by atoms with van der Waals surface area (Å²) in [5.74, 6) is -0.132. The summed E-state index contributed by atoms with van der Waals surface area (Å²) in [5.41, 5.74) is 2.54. The van der Waals surface area contributed by atoms with E-state index >= 15 is 0 Å². The Morgan fingerprint density at radius 1 is 1.44 bits per heavy atom. The number of esters is 1. The van der Waals surface area contributed by atoms with Crippen LogP contribution >= 0.6 is 0 Å². The summed E-state index contributed by atoms with van der Waals surface area (Å²) >= 11 is 0. The van der Waals surface area contributed by atoms with Crippen LogP contribution in [0.3, 0.4) is 0 Å². The third kappa shape index (κ3) is 1.65. The maximum Gasteiger partial charge on any atom is 0.354 e. The largest absolute Gasteiger partial charge is 0.464 e. The summed E-state index contributed by atoms with van der Waals surface area (Å²) in [4.78, 5) is 14.5. The molecule has 1 aromatic rings. The van der Waals surface area contributed by atoms with Crippen LogP contribution in [0.15, 0.2) is 12.1 Å². The number of nitrogens with one attached hydrogen (secondary N) is 1. The molecule has 1 aromatic heterocycles. The fourth-order valence-corrected chi connectivity index (χ4v) is 2.03. The fourth-order valence-electron chi connectivity index (χ4n) is 2.03. The quantitative estimate of drug-likeness (QED) is 0.776. The first-order valence-corrected chi connectivity index (χ1v) is 5.19. The van der Waals surface area contributed by atoms with Crippen molar-refractivity contribution in [2.45, 2.75) is 18.9 Å². The highest BCUT2D eigenvalue weighted by Crippen LogP contribution is 2.31. The summed E-state index contributed by atoms with van der Waals surface area (Å²) in [6, 6.07) is 1.81. The number of carbonyl (C=O) groups excluding carboxylic acids is 1. The Bertz CT molecular complexity index is 433. The summed E-state index contributed by atoms with van der Waals surface area (Å²) in [7, 11) is 3.06. The number of H-pyrrole nitrogens is 1. The smallest absolute Gasteiger partial charge is 0.354 e. The van der Waals surface area contributed by atoms with Gasteiger partial charge < -0.3 is 14.5 Å². The topological polar surface area (TPSA) is 51.3 Å². The minimum absolute atomic E-state index is 0.0525. The molecule has 1 aliphatic rings. The van der Waals surface area contributed by atoms with Crippen LogP contribution in [0.25, 0.3) is 6.08 Å². The zero-order chi connectivity index (χ0) is 11.7. The van der Waals surface area contributed by atoms with E-state index in [1.165, 1.54) is 7.11 Å². The van der Waals surface area contributed by atoms with E-state index < -0.39 is 0 Å². The second-order valence-electron chi connectivity index (χ2n) is 3.89. The average Bonchev–Trinajstić information content (AvgIpc) is 2.73. The molecule has 0 bridgehead atoms. The summed E-state index contributed by atoms with van der Waals surface area (Å²) in [5, 5.41) is 0. The van der Waals surface area contributed by atoms with Gasteiger partial charge in [0.1, 0.15) is 5.69 Å². The Hall–Kier alpha value is -1.55. The number of ether oxygens (including phenoxy) is 2. The Morgan fingerprint density at radius 3 is 2.81 bits per heavy atom. The fraction of sp³-hybridized carbons (Fsp3) is 0.417. The molecule has 2 rings (SSSR count). The van der Waals surface area contributed by atoms with Gasteiger partial charge in [0.2, 0.25) is 0 Å². The third-order valence-corrected chi connectivity index (χ3v) is 2.97. The molecule has 0 saturated carbocycles. The van der Waals surface area contributed by atoms with Gasteiger partial charge in [0.05, 0.1) is 13.2 Å². The molecule has 0 fully saturated rings. The van der Waals surface area contributed by atoms with Gasteiger partial charge in [0.15, 0.2) is 0 Å². The molecule has 1 N–H and O–H groups in total. The highest BCUT2D eigenvalue weighted by atomic mass is 16.5. The number of rotatable bonds is 2. The molecule has 4 nitrogen and oxygen atoms in total. The number of aromatic nitrogens is 1. The van der Waals surface area contributed by atoms with E-state index in [-0.39, 0.29) is 18.0 Å². The SMILES string of the molecule is COC(=O)c1cc2c([nH]1)C(C)C(OC)C=C2. The zero-order valence-electron chi connectivity index (χ0n) is 9.61.